The van der Waals surface area contributed by atoms with E-state index in [0.29, 0.717) is 0 Å². The molecule has 1 atom stereocenters. The fourth-order valence-electron chi connectivity index (χ4n) is 1.80. The molecule has 1 saturated heterocycles. The first-order chi connectivity index (χ1) is 7.23. The molecule has 8 heteroatoms. The molecule has 0 aromatic rings. The normalized spacial score (nSPS) is 25.9. The summed E-state index contributed by atoms with van der Waals surface area (Å²) < 4.78 is 58.8. The second-order valence-corrected chi connectivity index (χ2v) is 5.74. The summed E-state index contributed by atoms with van der Waals surface area (Å²) in [5.41, 5.74) is -5.29. The van der Waals surface area contributed by atoms with E-state index in [1.54, 1.807) is 0 Å². The lowest BCUT2D eigenvalue weighted by atomic mass is 9.95. The minimum atomic E-state index is -5.29. The third kappa shape index (κ3) is 1.51. The number of fused-ring (bicyclic) bond motifs is 1. The van der Waals surface area contributed by atoms with Crippen molar-refractivity contribution < 1.29 is 26.4 Å². The Morgan fingerprint density at radius 3 is 2.50 bits per heavy atom. The van der Waals surface area contributed by atoms with Gasteiger partial charge in [-0.1, -0.05) is 0 Å². The second kappa shape index (κ2) is 3.22. The van der Waals surface area contributed by atoms with Crippen molar-refractivity contribution in [3.63, 3.8) is 0 Å². The number of hydrogen-bond donors (Lipinski definition) is 0. The Labute approximate surface area is 89.6 Å². The molecule has 2 aliphatic rings. The summed E-state index contributed by atoms with van der Waals surface area (Å²) in [6.07, 6.45) is 1.22. The minimum Gasteiger partial charge on any atom is -0.314 e. The summed E-state index contributed by atoms with van der Waals surface area (Å²) in [6.45, 7) is 0. The summed E-state index contributed by atoms with van der Waals surface area (Å²) in [6, 6.07) is -0.125. The van der Waals surface area contributed by atoms with Crippen LogP contribution in [0.25, 0.3) is 0 Å². The number of rotatable bonds is 1. The van der Waals surface area contributed by atoms with Gasteiger partial charge in [0.05, 0.1) is 4.91 Å². The molecular weight excluding hydrogens is 247 g/mol. The SMILES string of the molecule is O=C1C[C@H]2CCC(S(=O)(=O)C(F)(F)F)=CN12. The van der Waals surface area contributed by atoms with E-state index in [4.69, 9.17) is 0 Å². The van der Waals surface area contributed by atoms with Crippen molar-refractivity contribution in [3.05, 3.63) is 11.1 Å². The van der Waals surface area contributed by atoms with Crippen LogP contribution in [-0.2, 0) is 14.6 Å². The number of sulfone groups is 1. The van der Waals surface area contributed by atoms with Crippen molar-refractivity contribution in [1.29, 1.82) is 0 Å². The molecule has 2 aliphatic heterocycles. The van der Waals surface area contributed by atoms with Crippen LogP contribution in [0, 0.1) is 0 Å². The fraction of sp³-hybridized carbons (Fsp3) is 0.625. The largest absolute Gasteiger partial charge is 0.501 e. The van der Waals surface area contributed by atoms with Crippen molar-refractivity contribution in [3.8, 4) is 0 Å². The highest BCUT2D eigenvalue weighted by Gasteiger charge is 2.50. The minimum absolute atomic E-state index is 0.125. The average molecular weight is 255 g/mol. The Balaban J connectivity index is 2.33. The van der Waals surface area contributed by atoms with Gasteiger partial charge in [-0.2, -0.15) is 13.2 Å². The van der Waals surface area contributed by atoms with E-state index in [2.05, 4.69) is 0 Å². The third-order valence-electron chi connectivity index (χ3n) is 2.75. The van der Waals surface area contributed by atoms with Crippen LogP contribution < -0.4 is 0 Å². The first kappa shape index (κ1) is 11.4. The van der Waals surface area contributed by atoms with E-state index in [0.717, 1.165) is 11.1 Å². The van der Waals surface area contributed by atoms with Gasteiger partial charge in [0.15, 0.2) is 0 Å². The van der Waals surface area contributed by atoms with Crippen molar-refractivity contribution >= 4 is 15.7 Å². The summed E-state index contributed by atoms with van der Waals surface area (Å²) in [5, 5.41) is 0. The van der Waals surface area contributed by atoms with Crippen LogP contribution in [0.3, 0.4) is 0 Å². The number of amides is 1. The number of hydrogen-bond acceptors (Lipinski definition) is 3. The molecule has 16 heavy (non-hydrogen) atoms. The Kier molecular flexibility index (Phi) is 2.30. The lowest BCUT2D eigenvalue weighted by Crippen LogP contribution is -2.51. The molecule has 90 valence electrons. The first-order valence-electron chi connectivity index (χ1n) is 4.56. The molecule has 0 radical (unpaired) electrons. The molecule has 2 heterocycles. The highest BCUT2D eigenvalue weighted by atomic mass is 32.2. The van der Waals surface area contributed by atoms with E-state index >= 15 is 0 Å². The average Bonchev–Trinajstić information content (AvgIpc) is 2.14. The number of alkyl halides is 3. The third-order valence-corrected chi connectivity index (χ3v) is 4.36. The predicted molar refractivity (Wildman–Crippen MR) is 47.5 cm³/mol. The molecule has 0 aromatic carbocycles. The standard InChI is InChI=1S/C8H8F3NO3S/c9-8(10,11)16(14,15)6-2-1-5-3-7(13)12(5)4-6/h4-5H,1-3H2/t5-/m1/s1. The quantitative estimate of drug-likeness (QED) is 0.660. The molecule has 0 spiro atoms. The van der Waals surface area contributed by atoms with E-state index < -0.39 is 20.3 Å². The molecule has 1 fully saturated rings. The summed E-state index contributed by atoms with van der Waals surface area (Å²) >= 11 is 0. The number of allylic oxidation sites excluding steroid dienone is 1. The van der Waals surface area contributed by atoms with Crippen molar-refractivity contribution in [2.75, 3.05) is 0 Å². The fourth-order valence-corrected chi connectivity index (χ4v) is 2.73. The topological polar surface area (TPSA) is 54.5 Å². The van der Waals surface area contributed by atoms with Gasteiger partial charge in [-0.25, -0.2) is 8.42 Å². The Morgan fingerprint density at radius 1 is 1.38 bits per heavy atom. The van der Waals surface area contributed by atoms with Gasteiger partial charge in [0, 0.05) is 18.7 Å². The number of nitrogens with zero attached hydrogens (tertiary/aromatic N) is 1. The van der Waals surface area contributed by atoms with Crippen molar-refractivity contribution in [2.24, 2.45) is 0 Å². The van der Waals surface area contributed by atoms with Gasteiger partial charge in [-0.05, 0) is 12.8 Å². The van der Waals surface area contributed by atoms with E-state index in [1.807, 2.05) is 0 Å². The van der Waals surface area contributed by atoms with Gasteiger partial charge in [-0.15, -0.1) is 0 Å². The maximum atomic E-state index is 12.2. The Morgan fingerprint density at radius 2 is 2.00 bits per heavy atom. The number of carbonyl (C=O) groups is 1. The Bertz CT molecular complexity index is 465. The highest BCUT2D eigenvalue weighted by molar-refractivity contribution is 7.96. The molecule has 0 saturated carbocycles. The molecule has 2 rings (SSSR count). The van der Waals surface area contributed by atoms with Crippen LogP contribution in [-0.4, -0.2) is 30.8 Å². The maximum absolute atomic E-state index is 12.2. The van der Waals surface area contributed by atoms with Crippen LogP contribution in [0.15, 0.2) is 11.1 Å². The predicted octanol–water partition coefficient (Wildman–Crippen LogP) is 1.16. The summed E-state index contributed by atoms with van der Waals surface area (Å²) in [5.74, 6) is -0.334. The molecule has 4 nitrogen and oxygen atoms in total. The van der Waals surface area contributed by atoms with Gasteiger partial charge in [0.25, 0.3) is 9.84 Å². The van der Waals surface area contributed by atoms with Crippen LogP contribution in [0.2, 0.25) is 0 Å². The number of halogens is 3. The molecule has 0 N–H and O–H groups in total. The maximum Gasteiger partial charge on any atom is 0.501 e. The van der Waals surface area contributed by atoms with Crippen molar-refractivity contribution in [1.82, 2.24) is 4.90 Å². The molecular formula is C8H8F3NO3S. The Hall–Kier alpha value is -1.05. The zero-order valence-electron chi connectivity index (χ0n) is 7.99. The molecule has 0 unspecified atom stereocenters. The molecule has 0 aliphatic carbocycles. The zero-order chi connectivity index (χ0) is 12.1. The highest BCUT2D eigenvalue weighted by Crippen LogP contribution is 2.38. The van der Waals surface area contributed by atoms with Gasteiger partial charge in [0.2, 0.25) is 5.91 Å². The number of β-lactam (4-membered cyclic amide) rings is 1. The lowest BCUT2D eigenvalue weighted by molar-refractivity contribution is -0.142. The zero-order valence-corrected chi connectivity index (χ0v) is 8.81. The summed E-state index contributed by atoms with van der Waals surface area (Å²) in [7, 11) is -5.28. The van der Waals surface area contributed by atoms with E-state index in [9.17, 15) is 26.4 Å². The van der Waals surface area contributed by atoms with Gasteiger partial charge >= 0.3 is 5.51 Å². The van der Waals surface area contributed by atoms with E-state index in [1.165, 1.54) is 0 Å². The van der Waals surface area contributed by atoms with Crippen LogP contribution in [0.5, 0.6) is 0 Å². The number of carbonyl (C=O) groups excluding carboxylic acids is 1. The van der Waals surface area contributed by atoms with Crippen LogP contribution in [0.1, 0.15) is 19.3 Å². The smallest absolute Gasteiger partial charge is 0.314 e. The van der Waals surface area contributed by atoms with Gasteiger partial charge < -0.3 is 4.90 Å². The lowest BCUT2D eigenvalue weighted by Gasteiger charge is -2.41. The van der Waals surface area contributed by atoms with Crippen LogP contribution >= 0.6 is 0 Å². The van der Waals surface area contributed by atoms with Gasteiger partial charge in [0.1, 0.15) is 0 Å². The first-order valence-corrected chi connectivity index (χ1v) is 6.05. The van der Waals surface area contributed by atoms with Crippen LogP contribution in [0.4, 0.5) is 13.2 Å². The second-order valence-electron chi connectivity index (χ2n) is 3.74. The molecule has 0 aromatic heterocycles. The van der Waals surface area contributed by atoms with E-state index in [-0.39, 0.29) is 31.2 Å². The molecule has 1 amide bonds. The molecule has 0 bridgehead atoms. The van der Waals surface area contributed by atoms with Gasteiger partial charge in [-0.3, -0.25) is 4.79 Å². The summed E-state index contributed by atoms with van der Waals surface area (Å²) in [4.78, 5) is 11.3. The van der Waals surface area contributed by atoms with Crippen molar-refractivity contribution in [2.45, 2.75) is 30.8 Å². The monoisotopic (exact) mass is 255 g/mol.